The van der Waals surface area contributed by atoms with Gasteiger partial charge < -0.3 is 9.64 Å². The van der Waals surface area contributed by atoms with Crippen molar-refractivity contribution in [1.29, 1.82) is 0 Å². The van der Waals surface area contributed by atoms with E-state index in [0.717, 1.165) is 25.7 Å². The molecule has 2 aromatic rings. The summed E-state index contributed by atoms with van der Waals surface area (Å²) in [7, 11) is 1.47. The monoisotopic (exact) mass is 382 g/mol. The van der Waals surface area contributed by atoms with Crippen LogP contribution in [-0.2, 0) is 6.42 Å². The molecule has 2 aromatic carbocycles. The molecule has 148 valence electrons. The van der Waals surface area contributed by atoms with Crippen molar-refractivity contribution in [1.82, 2.24) is 4.90 Å². The molecule has 1 fully saturated rings. The van der Waals surface area contributed by atoms with Crippen molar-refractivity contribution in [2.75, 3.05) is 20.2 Å². The van der Waals surface area contributed by atoms with Crippen LogP contribution in [0.2, 0.25) is 0 Å². The zero-order valence-electron chi connectivity index (χ0n) is 16.4. The van der Waals surface area contributed by atoms with E-state index in [1.807, 2.05) is 0 Å². The number of non-ortho nitro benzene ring substituents is 1. The van der Waals surface area contributed by atoms with E-state index >= 15 is 0 Å². The van der Waals surface area contributed by atoms with Crippen LogP contribution in [0.15, 0.2) is 42.5 Å². The fourth-order valence-electron chi connectivity index (χ4n) is 3.70. The van der Waals surface area contributed by atoms with Gasteiger partial charge >= 0.3 is 0 Å². The van der Waals surface area contributed by atoms with Gasteiger partial charge in [0, 0.05) is 25.2 Å². The molecule has 0 unspecified atom stereocenters. The lowest BCUT2D eigenvalue weighted by atomic mass is 9.90. The van der Waals surface area contributed by atoms with E-state index in [-0.39, 0.29) is 17.2 Å². The van der Waals surface area contributed by atoms with Gasteiger partial charge in [-0.3, -0.25) is 14.9 Å². The number of aryl methyl sites for hydroxylation is 2. The minimum atomic E-state index is -0.493. The number of hydrogen-bond acceptors (Lipinski definition) is 4. The number of likely N-dealkylation sites (tertiary alicyclic amines) is 1. The number of amides is 1. The fourth-order valence-corrected chi connectivity index (χ4v) is 3.70. The highest BCUT2D eigenvalue weighted by Crippen LogP contribution is 2.28. The summed E-state index contributed by atoms with van der Waals surface area (Å²) in [4.78, 5) is 25.2. The number of nitro benzene ring substituents is 1. The average molecular weight is 382 g/mol. The number of carbonyl (C=O) groups is 1. The molecule has 0 bridgehead atoms. The van der Waals surface area contributed by atoms with Crippen molar-refractivity contribution in [3.05, 3.63) is 69.3 Å². The number of piperidine rings is 1. The van der Waals surface area contributed by atoms with E-state index in [1.165, 1.54) is 36.4 Å². The van der Waals surface area contributed by atoms with E-state index in [4.69, 9.17) is 4.74 Å². The summed E-state index contributed by atoms with van der Waals surface area (Å²) in [6.07, 6.45) is 4.08. The van der Waals surface area contributed by atoms with Gasteiger partial charge in [-0.2, -0.15) is 0 Å². The Kier molecular flexibility index (Phi) is 6.29. The molecule has 28 heavy (non-hydrogen) atoms. The standard InChI is InChI=1S/C22H26N2O4/c1-16-3-5-17(6-4-16)7-8-18-11-13-23(14-12-18)22(25)20-15-19(24(26)27)9-10-21(20)28-2/h3-6,9-10,15,18H,7-8,11-14H2,1-2H3. The van der Waals surface area contributed by atoms with Crippen molar-refractivity contribution >= 4 is 11.6 Å². The Morgan fingerprint density at radius 3 is 2.46 bits per heavy atom. The predicted octanol–water partition coefficient (Wildman–Crippen LogP) is 4.40. The van der Waals surface area contributed by atoms with Crippen molar-refractivity contribution in [2.24, 2.45) is 5.92 Å². The first-order valence-electron chi connectivity index (χ1n) is 9.65. The lowest BCUT2D eigenvalue weighted by molar-refractivity contribution is -0.384. The summed E-state index contributed by atoms with van der Waals surface area (Å²) in [5, 5.41) is 11.0. The summed E-state index contributed by atoms with van der Waals surface area (Å²) in [6.45, 7) is 3.43. The maximum Gasteiger partial charge on any atom is 0.270 e. The van der Waals surface area contributed by atoms with Crippen LogP contribution < -0.4 is 4.74 Å². The van der Waals surface area contributed by atoms with E-state index < -0.39 is 4.92 Å². The van der Waals surface area contributed by atoms with Gasteiger partial charge in [-0.15, -0.1) is 0 Å². The minimum absolute atomic E-state index is 0.0999. The van der Waals surface area contributed by atoms with Gasteiger partial charge in [0.25, 0.3) is 11.6 Å². The Hall–Kier alpha value is -2.89. The number of rotatable bonds is 6. The summed E-state index contributed by atoms with van der Waals surface area (Å²) < 4.78 is 5.24. The topological polar surface area (TPSA) is 72.7 Å². The smallest absolute Gasteiger partial charge is 0.270 e. The molecule has 0 aliphatic carbocycles. The van der Waals surface area contributed by atoms with E-state index in [1.54, 1.807) is 4.90 Å². The van der Waals surface area contributed by atoms with Gasteiger partial charge in [0.15, 0.2) is 0 Å². The Morgan fingerprint density at radius 1 is 1.18 bits per heavy atom. The minimum Gasteiger partial charge on any atom is -0.496 e. The first-order chi connectivity index (χ1) is 13.5. The van der Waals surface area contributed by atoms with E-state index in [9.17, 15) is 14.9 Å². The Balaban J connectivity index is 1.58. The highest BCUT2D eigenvalue weighted by atomic mass is 16.6. The Labute approximate surface area is 165 Å². The highest BCUT2D eigenvalue weighted by Gasteiger charge is 2.26. The van der Waals surface area contributed by atoms with Crippen LogP contribution in [-0.4, -0.2) is 35.9 Å². The second-order valence-corrected chi connectivity index (χ2v) is 7.40. The third-order valence-corrected chi connectivity index (χ3v) is 5.49. The van der Waals surface area contributed by atoms with Crippen molar-refractivity contribution in [3.8, 4) is 5.75 Å². The van der Waals surface area contributed by atoms with E-state index in [0.29, 0.717) is 24.8 Å². The highest BCUT2D eigenvalue weighted by molar-refractivity contribution is 5.97. The zero-order valence-corrected chi connectivity index (χ0v) is 16.4. The number of hydrogen-bond donors (Lipinski definition) is 0. The molecule has 1 saturated heterocycles. The molecule has 1 heterocycles. The third kappa shape index (κ3) is 4.68. The van der Waals surface area contributed by atoms with E-state index in [2.05, 4.69) is 31.2 Å². The van der Waals surface area contributed by atoms with Gasteiger partial charge in [-0.1, -0.05) is 29.8 Å². The number of nitrogens with zero attached hydrogens (tertiary/aromatic N) is 2. The Bertz CT molecular complexity index is 840. The Morgan fingerprint density at radius 2 is 1.86 bits per heavy atom. The predicted molar refractivity (Wildman–Crippen MR) is 108 cm³/mol. The van der Waals surface area contributed by atoms with Crippen LogP contribution in [0.5, 0.6) is 5.75 Å². The van der Waals surface area contributed by atoms with Crippen LogP contribution in [0.3, 0.4) is 0 Å². The van der Waals surface area contributed by atoms with Crippen LogP contribution in [0, 0.1) is 23.0 Å². The molecular formula is C22H26N2O4. The molecule has 0 atom stereocenters. The second-order valence-electron chi connectivity index (χ2n) is 7.40. The molecule has 6 nitrogen and oxygen atoms in total. The van der Waals surface area contributed by atoms with Gasteiger partial charge in [-0.05, 0) is 50.2 Å². The number of methoxy groups -OCH3 is 1. The van der Waals surface area contributed by atoms with Crippen LogP contribution >= 0.6 is 0 Å². The molecule has 6 heteroatoms. The lowest BCUT2D eigenvalue weighted by Crippen LogP contribution is -2.38. The van der Waals surface area contributed by atoms with Crippen LogP contribution in [0.25, 0.3) is 0 Å². The van der Waals surface area contributed by atoms with Gasteiger partial charge in [0.2, 0.25) is 0 Å². The maximum atomic E-state index is 12.9. The molecular weight excluding hydrogens is 356 g/mol. The molecule has 0 spiro atoms. The quantitative estimate of drug-likeness (QED) is 0.548. The first-order valence-corrected chi connectivity index (χ1v) is 9.65. The molecule has 0 radical (unpaired) electrons. The molecule has 3 rings (SSSR count). The number of ether oxygens (including phenoxy) is 1. The van der Waals surface area contributed by atoms with Crippen molar-refractivity contribution in [3.63, 3.8) is 0 Å². The molecule has 1 aliphatic heterocycles. The molecule has 0 saturated carbocycles. The maximum absolute atomic E-state index is 12.9. The number of nitro groups is 1. The van der Waals surface area contributed by atoms with Gasteiger partial charge in [-0.25, -0.2) is 0 Å². The van der Waals surface area contributed by atoms with Gasteiger partial charge in [0.1, 0.15) is 5.75 Å². The zero-order chi connectivity index (χ0) is 20.1. The van der Waals surface area contributed by atoms with Crippen LogP contribution in [0.1, 0.15) is 40.7 Å². The average Bonchev–Trinajstić information content (AvgIpc) is 2.72. The summed E-state index contributed by atoms with van der Waals surface area (Å²) >= 11 is 0. The van der Waals surface area contributed by atoms with Crippen molar-refractivity contribution < 1.29 is 14.5 Å². The first kappa shape index (κ1) is 19.9. The fraction of sp³-hybridized carbons (Fsp3) is 0.409. The number of carbonyl (C=O) groups excluding carboxylic acids is 1. The number of benzene rings is 2. The molecule has 1 amide bonds. The van der Waals surface area contributed by atoms with Gasteiger partial charge in [0.05, 0.1) is 17.6 Å². The SMILES string of the molecule is COc1ccc([N+](=O)[O-])cc1C(=O)N1CCC(CCc2ccc(C)cc2)CC1. The second kappa shape index (κ2) is 8.87. The largest absolute Gasteiger partial charge is 0.496 e. The third-order valence-electron chi connectivity index (χ3n) is 5.49. The summed E-state index contributed by atoms with van der Waals surface area (Å²) in [5.41, 5.74) is 2.78. The van der Waals surface area contributed by atoms with Crippen molar-refractivity contribution in [2.45, 2.75) is 32.6 Å². The summed E-state index contributed by atoms with van der Waals surface area (Å²) in [6, 6.07) is 12.8. The lowest BCUT2D eigenvalue weighted by Gasteiger charge is -2.32. The van der Waals surface area contributed by atoms with Crippen LogP contribution in [0.4, 0.5) is 5.69 Å². The normalized spacial score (nSPS) is 14.7. The molecule has 0 aromatic heterocycles. The molecule has 0 N–H and O–H groups in total. The summed E-state index contributed by atoms with van der Waals surface area (Å²) in [5.74, 6) is 0.770. The molecule has 1 aliphatic rings.